The van der Waals surface area contributed by atoms with Crippen molar-refractivity contribution in [2.24, 2.45) is 11.8 Å². The first-order chi connectivity index (χ1) is 11.8. The van der Waals surface area contributed by atoms with Crippen molar-refractivity contribution in [1.82, 2.24) is 15.1 Å². The molecule has 0 N–H and O–H groups in total. The van der Waals surface area contributed by atoms with Crippen LogP contribution < -0.4 is 4.90 Å². The van der Waals surface area contributed by atoms with Gasteiger partial charge in [-0.1, -0.05) is 41.9 Å². The summed E-state index contributed by atoms with van der Waals surface area (Å²) in [5, 5.41) is 8.76. The lowest BCUT2D eigenvalue weighted by Crippen LogP contribution is -2.43. The zero-order valence-electron chi connectivity index (χ0n) is 13.8. The Morgan fingerprint density at radius 1 is 0.875 bits per heavy atom. The van der Waals surface area contributed by atoms with Gasteiger partial charge in [-0.3, -0.25) is 4.90 Å². The van der Waals surface area contributed by atoms with Crippen LogP contribution in [0, 0.1) is 11.8 Å². The van der Waals surface area contributed by atoms with E-state index in [1.807, 2.05) is 12.1 Å². The van der Waals surface area contributed by atoms with Crippen LogP contribution in [0.25, 0.3) is 0 Å². The van der Waals surface area contributed by atoms with Gasteiger partial charge in [0, 0.05) is 32.7 Å². The summed E-state index contributed by atoms with van der Waals surface area (Å²) in [6.07, 6.45) is 2.63. The molecule has 4 nitrogen and oxygen atoms in total. The fourth-order valence-corrected chi connectivity index (χ4v) is 4.19. The number of halogens is 1. The Labute approximate surface area is 148 Å². The predicted octanol–water partition coefficient (Wildman–Crippen LogP) is 3.48. The number of fused-ring (bicyclic) bond motifs is 3. The minimum absolute atomic E-state index is 0.461. The molecule has 0 spiro atoms. The van der Waals surface area contributed by atoms with Crippen molar-refractivity contribution >= 4 is 17.4 Å². The molecule has 2 aliphatic rings. The number of aromatic nitrogens is 2. The molecule has 3 heterocycles. The van der Waals surface area contributed by atoms with E-state index in [-0.39, 0.29) is 0 Å². The fourth-order valence-electron chi connectivity index (χ4n) is 4.09. The normalized spacial score (nSPS) is 24.6. The Kier molecular flexibility index (Phi) is 4.67. The van der Waals surface area contributed by atoms with Crippen LogP contribution in [0.1, 0.15) is 18.4 Å². The first-order valence-corrected chi connectivity index (χ1v) is 9.14. The van der Waals surface area contributed by atoms with Crippen LogP contribution in [0.15, 0.2) is 42.5 Å². The Morgan fingerprint density at radius 2 is 1.58 bits per heavy atom. The average molecular weight is 343 g/mol. The third-order valence-electron chi connectivity index (χ3n) is 5.16. The van der Waals surface area contributed by atoms with E-state index >= 15 is 0 Å². The topological polar surface area (TPSA) is 32.3 Å². The molecule has 1 aromatic carbocycles. The number of benzene rings is 1. The molecule has 2 aliphatic heterocycles. The maximum absolute atomic E-state index is 5.88. The van der Waals surface area contributed by atoms with Gasteiger partial charge in [0.2, 0.25) is 0 Å². The maximum Gasteiger partial charge on any atom is 0.151 e. The van der Waals surface area contributed by atoms with Gasteiger partial charge in [-0.15, -0.1) is 10.2 Å². The van der Waals surface area contributed by atoms with Crippen molar-refractivity contribution in [3.05, 3.63) is 53.2 Å². The van der Waals surface area contributed by atoms with Crippen LogP contribution in [0.3, 0.4) is 0 Å². The number of hydrogen-bond donors (Lipinski definition) is 0. The fraction of sp³-hybridized carbons (Fsp3) is 0.474. The molecule has 0 saturated carbocycles. The lowest BCUT2D eigenvalue weighted by Gasteiger charge is -2.35. The summed E-state index contributed by atoms with van der Waals surface area (Å²) >= 11 is 5.88. The lowest BCUT2D eigenvalue weighted by molar-refractivity contribution is 0.207. The van der Waals surface area contributed by atoms with E-state index < -0.39 is 0 Å². The summed E-state index contributed by atoms with van der Waals surface area (Å²) in [5.41, 5.74) is 1.41. The number of nitrogens with zero attached hydrogens (tertiary/aromatic N) is 4. The summed E-state index contributed by atoms with van der Waals surface area (Å²) < 4.78 is 0. The Balaban J connectivity index is 1.46. The minimum Gasteiger partial charge on any atom is -0.354 e. The van der Waals surface area contributed by atoms with Crippen LogP contribution in [0.2, 0.25) is 5.15 Å². The molecule has 126 valence electrons. The van der Waals surface area contributed by atoms with Crippen molar-refractivity contribution in [3.63, 3.8) is 0 Å². The summed E-state index contributed by atoms with van der Waals surface area (Å²) in [5.74, 6) is 2.35. The van der Waals surface area contributed by atoms with Crippen molar-refractivity contribution in [1.29, 1.82) is 0 Å². The van der Waals surface area contributed by atoms with Gasteiger partial charge in [-0.25, -0.2) is 0 Å². The molecule has 1 aromatic heterocycles. The van der Waals surface area contributed by atoms with Crippen LogP contribution in [-0.2, 0) is 6.54 Å². The third-order valence-corrected chi connectivity index (χ3v) is 5.37. The highest BCUT2D eigenvalue weighted by molar-refractivity contribution is 6.29. The number of likely N-dealkylation sites (tertiary alicyclic amines) is 1. The molecule has 2 atom stereocenters. The zero-order valence-corrected chi connectivity index (χ0v) is 14.6. The van der Waals surface area contributed by atoms with Crippen LogP contribution >= 0.6 is 11.6 Å². The van der Waals surface area contributed by atoms with Crippen LogP contribution in [-0.4, -0.2) is 41.3 Å². The monoisotopic (exact) mass is 342 g/mol. The second-order valence-corrected chi connectivity index (χ2v) is 7.50. The van der Waals surface area contributed by atoms with Crippen LogP contribution in [0.4, 0.5) is 5.82 Å². The Bertz CT molecular complexity index is 645. The molecule has 2 bridgehead atoms. The highest BCUT2D eigenvalue weighted by atomic mass is 35.5. The van der Waals surface area contributed by atoms with Gasteiger partial charge in [-0.05, 0) is 42.4 Å². The number of anilines is 1. The summed E-state index contributed by atoms with van der Waals surface area (Å²) in [6, 6.07) is 14.7. The van der Waals surface area contributed by atoms with Gasteiger partial charge in [0.25, 0.3) is 0 Å². The molecule has 4 rings (SSSR count). The second kappa shape index (κ2) is 7.08. The molecule has 0 aliphatic carbocycles. The molecular weight excluding hydrogens is 320 g/mol. The predicted molar refractivity (Wildman–Crippen MR) is 97.2 cm³/mol. The van der Waals surface area contributed by atoms with Gasteiger partial charge < -0.3 is 4.90 Å². The third kappa shape index (κ3) is 3.70. The molecule has 2 unspecified atom stereocenters. The van der Waals surface area contributed by atoms with Gasteiger partial charge in [-0.2, -0.15) is 0 Å². The quantitative estimate of drug-likeness (QED) is 0.854. The van der Waals surface area contributed by atoms with Gasteiger partial charge in [0.15, 0.2) is 11.0 Å². The van der Waals surface area contributed by atoms with E-state index in [0.29, 0.717) is 17.0 Å². The van der Waals surface area contributed by atoms with E-state index in [1.54, 1.807) is 0 Å². The van der Waals surface area contributed by atoms with Crippen molar-refractivity contribution in [3.8, 4) is 0 Å². The highest BCUT2D eigenvalue weighted by Gasteiger charge is 2.31. The van der Waals surface area contributed by atoms with E-state index in [9.17, 15) is 0 Å². The SMILES string of the molecule is Clc1ccc(N2CC3CCC(CN(Cc4ccccc4)C3)C2)nn1. The van der Waals surface area contributed by atoms with Gasteiger partial charge in [0.1, 0.15) is 0 Å². The molecule has 24 heavy (non-hydrogen) atoms. The molecule has 0 radical (unpaired) electrons. The number of hydrogen-bond acceptors (Lipinski definition) is 4. The maximum atomic E-state index is 5.88. The lowest BCUT2D eigenvalue weighted by atomic mass is 10.0. The zero-order chi connectivity index (χ0) is 16.4. The van der Waals surface area contributed by atoms with Gasteiger partial charge in [0.05, 0.1) is 0 Å². The minimum atomic E-state index is 0.461. The van der Waals surface area contributed by atoms with Crippen molar-refractivity contribution in [2.75, 3.05) is 31.1 Å². The first-order valence-electron chi connectivity index (χ1n) is 8.77. The van der Waals surface area contributed by atoms with E-state index in [2.05, 4.69) is 50.3 Å². The van der Waals surface area contributed by atoms with Crippen LogP contribution in [0.5, 0.6) is 0 Å². The Hall–Kier alpha value is -1.65. The first kappa shape index (κ1) is 15.9. The smallest absolute Gasteiger partial charge is 0.151 e. The summed E-state index contributed by atoms with van der Waals surface area (Å²) in [7, 11) is 0. The van der Waals surface area contributed by atoms with E-state index in [4.69, 9.17) is 11.6 Å². The second-order valence-electron chi connectivity index (χ2n) is 7.11. The standard InChI is InChI=1S/C19H23ClN4/c20-18-8-9-19(22-21-18)24-13-16-6-7-17(14-24)12-23(11-16)10-15-4-2-1-3-5-15/h1-5,8-9,16-17H,6-7,10-14H2. The van der Waals surface area contributed by atoms with Crippen molar-refractivity contribution < 1.29 is 0 Å². The highest BCUT2D eigenvalue weighted by Crippen LogP contribution is 2.30. The molecule has 0 amide bonds. The molecule has 5 heteroatoms. The van der Waals surface area contributed by atoms with Crippen molar-refractivity contribution in [2.45, 2.75) is 19.4 Å². The largest absolute Gasteiger partial charge is 0.354 e. The average Bonchev–Trinajstić information content (AvgIpc) is 2.89. The van der Waals surface area contributed by atoms with E-state index in [0.717, 1.165) is 25.5 Å². The van der Waals surface area contributed by atoms with Gasteiger partial charge >= 0.3 is 0 Å². The summed E-state index contributed by atoms with van der Waals surface area (Å²) in [4.78, 5) is 5.05. The molecule has 2 fully saturated rings. The molecule has 2 aromatic rings. The Morgan fingerprint density at radius 3 is 2.21 bits per heavy atom. The summed E-state index contributed by atoms with van der Waals surface area (Å²) in [6.45, 7) is 5.54. The molecular formula is C19H23ClN4. The molecule has 2 saturated heterocycles. The van der Waals surface area contributed by atoms with E-state index in [1.165, 1.54) is 31.5 Å². The number of rotatable bonds is 3.